The molecule has 5 nitrogen and oxygen atoms in total. The van der Waals surface area contributed by atoms with Gasteiger partial charge in [-0.2, -0.15) is 0 Å². The second-order valence-electron chi connectivity index (χ2n) is 4.06. The van der Waals surface area contributed by atoms with E-state index >= 15 is 0 Å². The van der Waals surface area contributed by atoms with Crippen LogP contribution < -0.4 is 5.32 Å². The number of hydrogen-bond acceptors (Lipinski definition) is 3. The van der Waals surface area contributed by atoms with E-state index in [0.29, 0.717) is 5.82 Å². The van der Waals surface area contributed by atoms with Gasteiger partial charge in [0.1, 0.15) is 17.4 Å². The highest BCUT2D eigenvalue weighted by atomic mass is 19.1. The minimum atomic E-state index is -0.693. The molecule has 6 heteroatoms. The lowest BCUT2D eigenvalue weighted by atomic mass is 10.3. The fourth-order valence-corrected chi connectivity index (χ4v) is 1.68. The third-order valence-electron chi connectivity index (χ3n) is 2.68. The molecular formula is C14H14FN3O2. The van der Waals surface area contributed by atoms with E-state index in [4.69, 9.17) is 5.11 Å². The lowest BCUT2D eigenvalue weighted by Crippen LogP contribution is -2.09. The van der Waals surface area contributed by atoms with E-state index in [9.17, 15) is 9.18 Å². The molecule has 1 heterocycles. The SMILES string of the molecule is CCn1ccnc1C=CC(=O)Nc1ccc(O)cc1F. The Morgan fingerprint density at radius 3 is 3.05 bits per heavy atom. The van der Waals surface area contributed by atoms with Crippen LogP contribution in [0.2, 0.25) is 0 Å². The van der Waals surface area contributed by atoms with Crippen LogP contribution in [0.3, 0.4) is 0 Å². The Labute approximate surface area is 115 Å². The number of nitrogens with zero attached hydrogens (tertiary/aromatic N) is 2. The van der Waals surface area contributed by atoms with Crippen molar-refractivity contribution in [1.82, 2.24) is 9.55 Å². The topological polar surface area (TPSA) is 67.2 Å². The number of aryl methyl sites for hydroxylation is 1. The minimum absolute atomic E-state index is 0.0104. The van der Waals surface area contributed by atoms with Gasteiger partial charge in [-0.3, -0.25) is 4.79 Å². The van der Waals surface area contributed by atoms with Crippen molar-refractivity contribution in [3.8, 4) is 5.75 Å². The Morgan fingerprint density at radius 2 is 2.35 bits per heavy atom. The standard InChI is InChI=1S/C14H14FN3O2/c1-2-18-8-7-16-13(18)5-6-14(20)17-12-4-3-10(19)9-11(12)15/h3-9,19H,2H2,1H3,(H,17,20). The number of aromatic hydroxyl groups is 1. The van der Waals surface area contributed by atoms with E-state index < -0.39 is 11.7 Å². The zero-order chi connectivity index (χ0) is 14.5. The molecule has 0 bridgehead atoms. The highest BCUT2D eigenvalue weighted by molar-refractivity contribution is 6.01. The van der Waals surface area contributed by atoms with Gasteiger partial charge in [-0.25, -0.2) is 9.37 Å². The van der Waals surface area contributed by atoms with Gasteiger partial charge in [0.05, 0.1) is 5.69 Å². The van der Waals surface area contributed by atoms with Crippen molar-refractivity contribution >= 4 is 17.7 Å². The fourth-order valence-electron chi connectivity index (χ4n) is 1.68. The Bertz CT molecular complexity index is 650. The normalized spacial score (nSPS) is 10.9. The summed E-state index contributed by atoms with van der Waals surface area (Å²) in [5.74, 6) is -0.711. The molecule has 1 aromatic carbocycles. The molecule has 2 aromatic rings. The van der Waals surface area contributed by atoms with E-state index in [0.717, 1.165) is 12.6 Å². The van der Waals surface area contributed by atoms with E-state index in [2.05, 4.69) is 10.3 Å². The number of rotatable bonds is 4. The van der Waals surface area contributed by atoms with Gasteiger partial charge in [-0.15, -0.1) is 0 Å². The van der Waals surface area contributed by atoms with Crippen LogP contribution in [-0.2, 0) is 11.3 Å². The summed E-state index contributed by atoms with van der Waals surface area (Å²) in [5.41, 5.74) is 0.0104. The second-order valence-corrected chi connectivity index (χ2v) is 4.06. The molecule has 0 aliphatic rings. The first-order chi connectivity index (χ1) is 9.60. The van der Waals surface area contributed by atoms with Gasteiger partial charge in [0, 0.05) is 31.1 Å². The summed E-state index contributed by atoms with van der Waals surface area (Å²) in [7, 11) is 0. The summed E-state index contributed by atoms with van der Waals surface area (Å²) >= 11 is 0. The Kier molecular flexibility index (Phi) is 4.14. The first-order valence-electron chi connectivity index (χ1n) is 6.09. The highest BCUT2D eigenvalue weighted by Crippen LogP contribution is 2.19. The number of halogens is 1. The Balaban J connectivity index is 2.05. The summed E-state index contributed by atoms with van der Waals surface area (Å²) in [6, 6.07) is 3.53. The molecule has 0 fully saturated rings. The van der Waals surface area contributed by atoms with Crippen molar-refractivity contribution in [2.24, 2.45) is 0 Å². The maximum absolute atomic E-state index is 13.4. The maximum atomic E-state index is 13.4. The molecule has 2 N–H and O–H groups in total. The first kappa shape index (κ1) is 13.8. The zero-order valence-electron chi connectivity index (χ0n) is 10.9. The number of nitrogens with one attached hydrogen (secondary N) is 1. The van der Waals surface area contributed by atoms with Gasteiger partial charge in [-0.1, -0.05) is 0 Å². The molecule has 104 valence electrons. The molecule has 1 amide bonds. The average molecular weight is 275 g/mol. The maximum Gasteiger partial charge on any atom is 0.248 e. The molecular weight excluding hydrogens is 261 g/mol. The van der Waals surface area contributed by atoms with E-state index in [1.165, 1.54) is 18.2 Å². The number of benzene rings is 1. The van der Waals surface area contributed by atoms with Gasteiger partial charge >= 0.3 is 0 Å². The molecule has 20 heavy (non-hydrogen) atoms. The fraction of sp³-hybridized carbons (Fsp3) is 0.143. The number of anilines is 1. The summed E-state index contributed by atoms with van der Waals surface area (Å²) in [5, 5.41) is 11.5. The minimum Gasteiger partial charge on any atom is -0.508 e. The summed E-state index contributed by atoms with van der Waals surface area (Å²) in [6.07, 6.45) is 6.27. The number of amides is 1. The number of aromatic nitrogens is 2. The molecule has 0 unspecified atom stereocenters. The second kappa shape index (κ2) is 6.01. The van der Waals surface area contributed by atoms with Gasteiger partial charge in [-0.05, 0) is 25.1 Å². The molecule has 0 spiro atoms. The number of carbonyl (C=O) groups is 1. The smallest absolute Gasteiger partial charge is 0.248 e. The molecule has 2 rings (SSSR count). The first-order valence-corrected chi connectivity index (χ1v) is 6.09. The average Bonchev–Trinajstić information content (AvgIpc) is 2.87. The lowest BCUT2D eigenvalue weighted by Gasteiger charge is -2.04. The summed E-state index contributed by atoms with van der Waals surface area (Å²) in [6.45, 7) is 2.71. The van der Waals surface area contributed by atoms with Crippen LogP contribution in [-0.4, -0.2) is 20.6 Å². The molecule has 1 aromatic heterocycles. The largest absolute Gasteiger partial charge is 0.508 e. The van der Waals surface area contributed by atoms with Crippen LogP contribution in [0.5, 0.6) is 5.75 Å². The van der Waals surface area contributed by atoms with E-state index in [-0.39, 0.29) is 11.4 Å². The van der Waals surface area contributed by atoms with E-state index in [1.54, 1.807) is 18.5 Å². The van der Waals surface area contributed by atoms with E-state index in [1.807, 2.05) is 11.5 Å². The quantitative estimate of drug-likeness (QED) is 0.665. The molecule has 0 saturated heterocycles. The van der Waals surface area contributed by atoms with Crippen molar-refractivity contribution < 1.29 is 14.3 Å². The number of carbonyl (C=O) groups excluding carboxylic acids is 1. The predicted molar refractivity (Wildman–Crippen MR) is 73.6 cm³/mol. The number of phenolic OH excluding ortho intramolecular Hbond substituents is 1. The summed E-state index contributed by atoms with van der Waals surface area (Å²) < 4.78 is 15.3. The number of phenols is 1. The summed E-state index contributed by atoms with van der Waals surface area (Å²) in [4.78, 5) is 15.8. The van der Waals surface area contributed by atoms with Gasteiger partial charge in [0.25, 0.3) is 0 Å². The molecule has 0 aliphatic heterocycles. The molecule has 0 aliphatic carbocycles. The van der Waals surface area contributed by atoms with Gasteiger partial charge in [0.2, 0.25) is 5.91 Å². The van der Waals surface area contributed by atoms with Gasteiger partial charge < -0.3 is 15.0 Å². The molecule has 0 radical (unpaired) electrons. The van der Waals surface area contributed by atoms with Crippen molar-refractivity contribution in [2.75, 3.05) is 5.32 Å². The van der Waals surface area contributed by atoms with Crippen LogP contribution >= 0.6 is 0 Å². The molecule has 0 atom stereocenters. The third kappa shape index (κ3) is 3.23. The Hall–Kier alpha value is -2.63. The van der Waals surface area contributed by atoms with Crippen molar-refractivity contribution in [1.29, 1.82) is 0 Å². The van der Waals surface area contributed by atoms with Crippen LogP contribution in [0.15, 0.2) is 36.7 Å². The van der Waals surface area contributed by atoms with Crippen molar-refractivity contribution in [2.45, 2.75) is 13.5 Å². The predicted octanol–water partition coefficient (Wildman–Crippen LogP) is 2.40. The highest BCUT2D eigenvalue weighted by Gasteiger charge is 2.05. The zero-order valence-corrected chi connectivity index (χ0v) is 10.9. The Morgan fingerprint density at radius 1 is 1.55 bits per heavy atom. The van der Waals surface area contributed by atoms with Crippen LogP contribution in [0.1, 0.15) is 12.7 Å². The molecule has 0 saturated carbocycles. The van der Waals surface area contributed by atoms with Crippen LogP contribution in [0, 0.1) is 5.82 Å². The van der Waals surface area contributed by atoms with Gasteiger partial charge in [0.15, 0.2) is 0 Å². The number of hydrogen-bond donors (Lipinski definition) is 2. The van der Waals surface area contributed by atoms with Crippen LogP contribution in [0.4, 0.5) is 10.1 Å². The van der Waals surface area contributed by atoms with Crippen molar-refractivity contribution in [3.05, 3.63) is 48.3 Å². The monoisotopic (exact) mass is 275 g/mol. The lowest BCUT2D eigenvalue weighted by molar-refractivity contribution is -0.111. The van der Waals surface area contributed by atoms with Crippen LogP contribution in [0.25, 0.3) is 6.08 Å². The third-order valence-corrected chi connectivity index (χ3v) is 2.68. The number of imidazole rings is 1. The van der Waals surface area contributed by atoms with Crippen molar-refractivity contribution in [3.63, 3.8) is 0 Å².